The van der Waals surface area contributed by atoms with Crippen LogP contribution in [0.25, 0.3) is 21.3 Å². The van der Waals surface area contributed by atoms with E-state index in [1.807, 2.05) is 0 Å². The predicted molar refractivity (Wildman–Crippen MR) is 73.3 cm³/mol. The Balaban J connectivity index is 2.33. The number of thiophene rings is 2. The molecule has 0 fully saturated rings. The van der Waals surface area contributed by atoms with Crippen LogP contribution in [0.4, 0.5) is 5.00 Å². The Hall–Kier alpha value is -1.26. The molecule has 2 nitrogen and oxygen atoms in total. The summed E-state index contributed by atoms with van der Waals surface area (Å²) in [6, 6.07) is 4.26. The van der Waals surface area contributed by atoms with Gasteiger partial charge in [0.2, 0.25) is 0 Å². The van der Waals surface area contributed by atoms with Gasteiger partial charge in [-0.1, -0.05) is 0 Å². The highest BCUT2D eigenvalue weighted by Crippen LogP contribution is 2.38. The van der Waals surface area contributed by atoms with Crippen LogP contribution >= 0.6 is 22.7 Å². The fraction of sp³-hybridized carbons (Fsp3) is 0.167. The first kappa shape index (κ1) is 9.93. The first-order chi connectivity index (χ1) is 7.66. The second kappa shape index (κ2) is 3.37. The third-order valence-electron chi connectivity index (χ3n) is 2.81. The number of anilines is 1. The molecule has 0 aromatic carbocycles. The number of hydrogen-bond acceptors (Lipinski definition) is 3. The summed E-state index contributed by atoms with van der Waals surface area (Å²) in [5.74, 6) is 0. The molecule has 0 spiro atoms. The van der Waals surface area contributed by atoms with Crippen molar-refractivity contribution < 1.29 is 0 Å². The lowest BCUT2D eigenvalue weighted by atomic mass is 10.1. The van der Waals surface area contributed by atoms with Gasteiger partial charge in [-0.05, 0) is 30.0 Å². The quantitative estimate of drug-likeness (QED) is 0.696. The molecule has 0 saturated carbocycles. The van der Waals surface area contributed by atoms with Gasteiger partial charge in [0.1, 0.15) is 4.83 Å². The molecular weight excluding hydrogens is 236 g/mol. The van der Waals surface area contributed by atoms with Crippen molar-refractivity contribution in [1.29, 1.82) is 0 Å². The molecular formula is C12H12N2S2. The average Bonchev–Trinajstić information content (AvgIpc) is 2.85. The van der Waals surface area contributed by atoms with E-state index in [2.05, 4.69) is 42.2 Å². The minimum absolute atomic E-state index is 0.889. The van der Waals surface area contributed by atoms with Crippen molar-refractivity contribution in [3.63, 3.8) is 0 Å². The van der Waals surface area contributed by atoms with Gasteiger partial charge in [0.15, 0.2) is 0 Å². The maximum absolute atomic E-state index is 5.86. The Morgan fingerprint density at radius 1 is 1.31 bits per heavy atom. The minimum atomic E-state index is 0.889. The van der Waals surface area contributed by atoms with E-state index in [1.165, 1.54) is 26.2 Å². The van der Waals surface area contributed by atoms with E-state index in [0.717, 1.165) is 5.00 Å². The third-order valence-corrected chi connectivity index (χ3v) is 4.69. The molecule has 0 amide bonds. The monoisotopic (exact) mass is 248 g/mol. The summed E-state index contributed by atoms with van der Waals surface area (Å²) < 4.78 is 2.18. The normalized spacial score (nSPS) is 11.4. The minimum Gasteiger partial charge on any atom is -0.391 e. The van der Waals surface area contributed by atoms with E-state index in [-0.39, 0.29) is 0 Å². The van der Waals surface area contributed by atoms with E-state index < -0.39 is 0 Å². The SMILES string of the molecule is Cc1sc(N)cc1-c1cn(C)c2sccc12. The lowest BCUT2D eigenvalue weighted by Crippen LogP contribution is -1.80. The molecule has 82 valence electrons. The predicted octanol–water partition coefficient (Wildman–Crippen LogP) is 3.86. The topological polar surface area (TPSA) is 30.9 Å². The van der Waals surface area contributed by atoms with Gasteiger partial charge in [-0.3, -0.25) is 0 Å². The fourth-order valence-electron chi connectivity index (χ4n) is 2.09. The van der Waals surface area contributed by atoms with Gasteiger partial charge in [0.05, 0.1) is 5.00 Å². The highest BCUT2D eigenvalue weighted by molar-refractivity contribution is 7.17. The highest BCUT2D eigenvalue weighted by atomic mass is 32.1. The zero-order valence-corrected chi connectivity index (χ0v) is 10.8. The van der Waals surface area contributed by atoms with Crippen LogP contribution in [0.2, 0.25) is 0 Å². The second-order valence-electron chi connectivity index (χ2n) is 3.91. The smallest absolute Gasteiger partial charge is 0.103 e. The number of nitrogens with two attached hydrogens (primary N) is 1. The number of fused-ring (bicyclic) bond motifs is 1. The fourth-order valence-corrected chi connectivity index (χ4v) is 3.75. The number of nitrogen functional groups attached to an aromatic ring is 1. The summed E-state index contributed by atoms with van der Waals surface area (Å²) in [6.45, 7) is 2.13. The van der Waals surface area contributed by atoms with Crippen LogP contribution in [0.3, 0.4) is 0 Å². The number of rotatable bonds is 1. The van der Waals surface area contributed by atoms with Gasteiger partial charge in [0, 0.05) is 29.1 Å². The van der Waals surface area contributed by atoms with Gasteiger partial charge in [-0.15, -0.1) is 22.7 Å². The van der Waals surface area contributed by atoms with Crippen molar-refractivity contribution >= 4 is 37.9 Å². The van der Waals surface area contributed by atoms with Crippen LogP contribution in [-0.4, -0.2) is 4.57 Å². The Morgan fingerprint density at radius 2 is 2.12 bits per heavy atom. The number of aromatic nitrogens is 1. The average molecular weight is 248 g/mol. The van der Waals surface area contributed by atoms with Crippen LogP contribution in [0.15, 0.2) is 23.7 Å². The molecule has 0 unspecified atom stereocenters. The summed E-state index contributed by atoms with van der Waals surface area (Å²) in [5, 5.41) is 4.35. The first-order valence-electron chi connectivity index (χ1n) is 5.05. The molecule has 0 aliphatic heterocycles. The molecule has 4 heteroatoms. The zero-order valence-electron chi connectivity index (χ0n) is 9.15. The lowest BCUT2D eigenvalue weighted by Gasteiger charge is -1.95. The van der Waals surface area contributed by atoms with Gasteiger partial charge in [0.25, 0.3) is 0 Å². The molecule has 16 heavy (non-hydrogen) atoms. The summed E-state index contributed by atoms with van der Waals surface area (Å²) in [5.41, 5.74) is 8.42. The molecule has 0 saturated heterocycles. The van der Waals surface area contributed by atoms with Crippen LogP contribution in [-0.2, 0) is 7.05 Å². The largest absolute Gasteiger partial charge is 0.391 e. The molecule has 3 aromatic heterocycles. The molecule has 3 rings (SSSR count). The Kier molecular flexibility index (Phi) is 2.09. The Labute approximate surface area is 102 Å². The van der Waals surface area contributed by atoms with Crippen LogP contribution in [0.1, 0.15) is 4.88 Å². The maximum Gasteiger partial charge on any atom is 0.103 e. The van der Waals surface area contributed by atoms with Crippen molar-refractivity contribution in [3.8, 4) is 11.1 Å². The van der Waals surface area contributed by atoms with Crippen LogP contribution < -0.4 is 5.73 Å². The van der Waals surface area contributed by atoms with Crippen molar-refractivity contribution in [1.82, 2.24) is 4.57 Å². The van der Waals surface area contributed by atoms with Crippen LogP contribution in [0, 0.1) is 6.92 Å². The highest BCUT2D eigenvalue weighted by Gasteiger charge is 2.13. The molecule has 2 N–H and O–H groups in total. The Morgan fingerprint density at radius 3 is 2.81 bits per heavy atom. The van der Waals surface area contributed by atoms with Crippen molar-refractivity contribution in [3.05, 3.63) is 28.6 Å². The molecule has 0 bridgehead atoms. The van der Waals surface area contributed by atoms with Gasteiger partial charge < -0.3 is 10.3 Å². The third kappa shape index (κ3) is 1.30. The van der Waals surface area contributed by atoms with Gasteiger partial charge in [-0.25, -0.2) is 0 Å². The summed E-state index contributed by atoms with van der Waals surface area (Å²) in [6.07, 6.45) is 2.19. The number of nitrogens with zero attached hydrogens (tertiary/aromatic N) is 1. The standard InChI is InChI=1S/C12H12N2S2/c1-7-9(5-11(13)16-7)10-6-14(2)12-8(10)3-4-15-12/h3-6H,13H2,1-2H3. The number of aryl methyl sites for hydroxylation is 2. The molecule has 3 heterocycles. The van der Waals surface area contributed by atoms with Gasteiger partial charge in [-0.2, -0.15) is 0 Å². The van der Waals surface area contributed by atoms with Crippen molar-refractivity contribution in [2.75, 3.05) is 5.73 Å². The van der Waals surface area contributed by atoms with E-state index in [1.54, 1.807) is 22.7 Å². The molecule has 0 radical (unpaired) electrons. The van der Waals surface area contributed by atoms with Crippen molar-refractivity contribution in [2.24, 2.45) is 7.05 Å². The summed E-state index contributed by atoms with van der Waals surface area (Å²) in [7, 11) is 2.09. The maximum atomic E-state index is 5.86. The molecule has 3 aromatic rings. The molecule has 0 atom stereocenters. The lowest BCUT2D eigenvalue weighted by molar-refractivity contribution is 0.979. The zero-order chi connectivity index (χ0) is 11.3. The Bertz CT molecular complexity index is 658. The molecule has 0 aliphatic rings. The van der Waals surface area contributed by atoms with Crippen molar-refractivity contribution in [2.45, 2.75) is 6.92 Å². The van der Waals surface area contributed by atoms with E-state index >= 15 is 0 Å². The van der Waals surface area contributed by atoms with Crippen LogP contribution in [0.5, 0.6) is 0 Å². The van der Waals surface area contributed by atoms with E-state index in [4.69, 9.17) is 5.73 Å². The molecule has 0 aliphatic carbocycles. The summed E-state index contributed by atoms with van der Waals surface area (Å²) in [4.78, 5) is 2.61. The summed E-state index contributed by atoms with van der Waals surface area (Å²) >= 11 is 3.43. The van der Waals surface area contributed by atoms with E-state index in [9.17, 15) is 0 Å². The number of hydrogen-bond donors (Lipinski definition) is 1. The first-order valence-corrected chi connectivity index (χ1v) is 6.75. The van der Waals surface area contributed by atoms with Gasteiger partial charge >= 0.3 is 0 Å². The van der Waals surface area contributed by atoms with E-state index in [0.29, 0.717) is 0 Å². The second-order valence-corrected chi connectivity index (χ2v) is 6.09.